The topological polar surface area (TPSA) is 105 Å². The van der Waals surface area contributed by atoms with Crippen LogP contribution in [0, 0.1) is 6.92 Å². The van der Waals surface area contributed by atoms with E-state index in [2.05, 4.69) is 10.1 Å². The minimum absolute atomic E-state index is 0.0977. The molecule has 31 heavy (non-hydrogen) atoms. The Morgan fingerprint density at radius 3 is 2.39 bits per heavy atom. The summed E-state index contributed by atoms with van der Waals surface area (Å²) in [6.07, 6.45) is 1.66. The van der Waals surface area contributed by atoms with Crippen LogP contribution in [0.5, 0.6) is 0 Å². The van der Waals surface area contributed by atoms with E-state index in [4.69, 9.17) is 0 Å². The largest absolute Gasteiger partial charge is 0.279 e. The number of aryl methyl sites for hydroxylation is 1. The van der Waals surface area contributed by atoms with Crippen LogP contribution in [0.25, 0.3) is 27.4 Å². The minimum atomic E-state index is -3.67. The first-order valence-electron chi connectivity index (χ1n) is 10.0. The first-order chi connectivity index (χ1) is 14.9. The van der Waals surface area contributed by atoms with Crippen LogP contribution in [0.1, 0.15) is 18.5 Å². The van der Waals surface area contributed by atoms with E-state index in [1.165, 1.54) is 21.1 Å². The molecule has 0 amide bonds. The molecule has 8 nitrogen and oxygen atoms in total. The van der Waals surface area contributed by atoms with Gasteiger partial charge in [-0.15, -0.1) is 0 Å². The lowest BCUT2D eigenvalue weighted by Crippen LogP contribution is -2.30. The number of para-hydroxylation sites is 1. The predicted octanol–water partition coefficient (Wildman–Crippen LogP) is 2.32. The highest BCUT2D eigenvalue weighted by atomic mass is 32.2. The number of pyridine rings is 1. The number of sulfonamides is 1. The van der Waals surface area contributed by atoms with Gasteiger partial charge in [-0.2, -0.15) is 4.31 Å². The van der Waals surface area contributed by atoms with Gasteiger partial charge in [0.05, 0.1) is 32.6 Å². The Balaban J connectivity index is 1.82. The highest BCUT2D eigenvalue weighted by Crippen LogP contribution is 2.27. The van der Waals surface area contributed by atoms with Crippen molar-refractivity contribution in [2.75, 3.05) is 13.1 Å². The van der Waals surface area contributed by atoms with Crippen LogP contribution in [-0.2, 0) is 10.0 Å². The van der Waals surface area contributed by atoms with Crippen LogP contribution in [0.3, 0.4) is 0 Å². The van der Waals surface area contributed by atoms with Gasteiger partial charge < -0.3 is 0 Å². The van der Waals surface area contributed by atoms with E-state index in [9.17, 15) is 18.0 Å². The van der Waals surface area contributed by atoms with Crippen LogP contribution in [0.4, 0.5) is 0 Å². The molecule has 0 radical (unpaired) electrons. The molecular formula is C22H20N4O4S. The van der Waals surface area contributed by atoms with Gasteiger partial charge >= 0.3 is 0 Å². The van der Waals surface area contributed by atoms with Gasteiger partial charge in [0, 0.05) is 18.5 Å². The van der Waals surface area contributed by atoms with Crippen LogP contribution in [-0.4, -0.2) is 40.6 Å². The molecule has 2 aromatic carbocycles. The maximum atomic E-state index is 13.3. The normalized spacial score (nSPS) is 15.1. The number of aromatic nitrogens is 3. The van der Waals surface area contributed by atoms with Crippen molar-refractivity contribution in [1.82, 2.24) is 19.1 Å². The smallest absolute Gasteiger partial charge is 0.267 e. The molecule has 1 aliphatic rings. The van der Waals surface area contributed by atoms with Crippen molar-refractivity contribution in [1.29, 1.82) is 0 Å². The summed E-state index contributed by atoms with van der Waals surface area (Å²) in [6.45, 7) is 2.64. The molecule has 1 fully saturated rings. The zero-order valence-electron chi connectivity index (χ0n) is 16.8. The van der Waals surface area contributed by atoms with Crippen molar-refractivity contribution < 1.29 is 8.42 Å². The molecule has 1 saturated heterocycles. The third kappa shape index (κ3) is 3.08. The summed E-state index contributed by atoms with van der Waals surface area (Å²) in [5, 5.41) is 3.30. The molecule has 4 aromatic rings. The maximum absolute atomic E-state index is 13.3. The molecule has 9 heteroatoms. The Bertz CT molecular complexity index is 1550. The number of aromatic amines is 1. The number of nitrogens with zero attached hydrogens (tertiary/aromatic N) is 3. The summed E-state index contributed by atoms with van der Waals surface area (Å²) >= 11 is 0. The Morgan fingerprint density at radius 2 is 1.68 bits per heavy atom. The molecule has 0 atom stereocenters. The van der Waals surface area contributed by atoms with Crippen LogP contribution >= 0.6 is 0 Å². The molecule has 0 bridgehead atoms. The highest BCUT2D eigenvalue weighted by Gasteiger charge is 2.28. The van der Waals surface area contributed by atoms with Crippen molar-refractivity contribution in [2.24, 2.45) is 0 Å². The van der Waals surface area contributed by atoms with E-state index >= 15 is 0 Å². The van der Waals surface area contributed by atoms with Gasteiger partial charge in [0.25, 0.3) is 11.1 Å². The third-order valence-corrected chi connectivity index (χ3v) is 7.61. The number of benzene rings is 2. The van der Waals surface area contributed by atoms with Crippen LogP contribution in [0.2, 0.25) is 0 Å². The third-order valence-electron chi connectivity index (χ3n) is 5.71. The molecular weight excluding hydrogens is 416 g/mol. The Morgan fingerprint density at radius 1 is 0.968 bits per heavy atom. The molecule has 0 unspecified atom stereocenters. The number of rotatable bonds is 3. The first-order valence-corrected chi connectivity index (χ1v) is 11.5. The molecule has 158 valence electrons. The number of hydrogen-bond donors (Lipinski definition) is 1. The monoisotopic (exact) mass is 436 g/mol. The Hall–Kier alpha value is -3.30. The first kappa shape index (κ1) is 19.7. The summed E-state index contributed by atoms with van der Waals surface area (Å²) in [5.74, 6) is 0. The average molecular weight is 436 g/mol. The molecule has 0 aliphatic carbocycles. The fraction of sp³-hybridized carbons (Fsp3) is 0.227. The van der Waals surface area contributed by atoms with Gasteiger partial charge in [-0.05, 0) is 50.1 Å². The lowest BCUT2D eigenvalue weighted by Gasteiger charge is -2.16. The lowest BCUT2D eigenvalue weighted by atomic mass is 10.1. The molecule has 0 spiro atoms. The molecule has 1 N–H and O–H groups in total. The fourth-order valence-electron chi connectivity index (χ4n) is 4.18. The zero-order chi connectivity index (χ0) is 21.8. The highest BCUT2D eigenvalue weighted by molar-refractivity contribution is 7.89. The summed E-state index contributed by atoms with van der Waals surface area (Å²) in [4.78, 5) is 31.0. The fourth-order valence-corrected chi connectivity index (χ4v) is 5.72. The number of hydrogen-bond acceptors (Lipinski definition) is 5. The molecule has 1 aliphatic heterocycles. The van der Waals surface area contributed by atoms with E-state index in [0.717, 1.165) is 12.8 Å². The van der Waals surface area contributed by atoms with E-state index in [1.54, 1.807) is 37.3 Å². The average Bonchev–Trinajstić information content (AvgIpc) is 3.32. The van der Waals surface area contributed by atoms with E-state index in [-0.39, 0.29) is 15.7 Å². The van der Waals surface area contributed by atoms with Crippen LogP contribution in [0.15, 0.2) is 63.0 Å². The standard InChI is InChI=1S/C22H20N4O4S/c1-14-19-20(21(27)24-26(22(19)28)15-7-3-2-4-8-15)17-13-16(9-10-18(17)23-14)31(29,30)25-11-5-6-12-25/h2-4,7-10,13H,5-6,11-12H2,1H3,(H,24,27). The molecule has 2 aromatic heterocycles. The number of nitrogens with one attached hydrogen (secondary N) is 1. The summed E-state index contributed by atoms with van der Waals surface area (Å²) in [5.41, 5.74) is 0.507. The van der Waals surface area contributed by atoms with Gasteiger partial charge in [-0.3, -0.25) is 19.7 Å². The second kappa shape index (κ2) is 7.14. The summed E-state index contributed by atoms with van der Waals surface area (Å²) in [6, 6.07) is 13.3. The predicted molar refractivity (Wildman–Crippen MR) is 118 cm³/mol. The minimum Gasteiger partial charge on any atom is -0.267 e. The quantitative estimate of drug-likeness (QED) is 0.496. The Kier molecular flexibility index (Phi) is 4.53. The molecule has 0 saturated carbocycles. The molecule has 5 rings (SSSR count). The van der Waals surface area contributed by atoms with Gasteiger partial charge in [-0.25, -0.2) is 13.1 Å². The van der Waals surface area contributed by atoms with Gasteiger partial charge in [0.1, 0.15) is 0 Å². The van der Waals surface area contributed by atoms with E-state index in [0.29, 0.717) is 35.4 Å². The van der Waals surface area contributed by atoms with Crippen LogP contribution < -0.4 is 11.1 Å². The maximum Gasteiger partial charge on any atom is 0.279 e. The van der Waals surface area contributed by atoms with Gasteiger partial charge in [0.2, 0.25) is 10.0 Å². The lowest BCUT2D eigenvalue weighted by molar-refractivity contribution is 0.477. The second-order valence-electron chi connectivity index (χ2n) is 7.65. The number of H-pyrrole nitrogens is 1. The van der Waals surface area contributed by atoms with E-state index in [1.807, 2.05) is 6.07 Å². The van der Waals surface area contributed by atoms with Crippen molar-refractivity contribution >= 4 is 31.7 Å². The van der Waals surface area contributed by atoms with Crippen molar-refractivity contribution in [3.8, 4) is 5.69 Å². The van der Waals surface area contributed by atoms with Gasteiger partial charge in [-0.1, -0.05) is 18.2 Å². The SMILES string of the molecule is Cc1nc2ccc(S(=O)(=O)N3CCCC3)cc2c2c(=O)[nH]n(-c3ccccc3)c(=O)c12. The number of fused-ring (bicyclic) bond motifs is 3. The Labute approximate surface area is 177 Å². The zero-order valence-corrected chi connectivity index (χ0v) is 17.6. The van der Waals surface area contributed by atoms with E-state index < -0.39 is 21.1 Å². The van der Waals surface area contributed by atoms with Gasteiger partial charge in [0.15, 0.2) is 0 Å². The molecule has 3 heterocycles. The van der Waals surface area contributed by atoms with Crippen molar-refractivity contribution in [3.63, 3.8) is 0 Å². The summed E-state index contributed by atoms with van der Waals surface area (Å²) in [7, 11) is -3.67. The second-order valence-corrected chi connectivity index (χ2v) is 9.59. The van der Waals surface area contributed by atoms with Crippen molar-refractivity contribution in [2.45, 2.75) is 24.7 Å². The van der Waals surface area contributed by atoms with Crippen molar-refractivity contribution in [3.05, 3.63) is 74.9 Å². The summed E-state index contributed by atoms with van der Waals surface area (Å²) < 4.78 is 28.7.